The molecule has 2 aliphatic rings. The smallest absolute Gasteiger partial charge is 0.261 e. The van der Waals surface area contributed by atoms with Crippen molar-refractivity contribution in [3.8, 4) is 11.5 Å². The van der Waals surface area contributed by atoms with Gasteiger partial charge in [0.05, 0.1) is 22.6 Å². The van der Waals surface area contributed by atoms with Crippen molar-refractivity contribution in [1.29, 1.82) is 0 Å². The summed E-state index contributed by atoms with van der Waals surface area (Å²) in [5, 5.41) is 5.43. The number of benzene rings is 3. The first-order valence-corrected chi connectivity index (χ1v) is 11.6. The summed E-state index contributed by atoms with van der Waals surface area (Å²) in [5.74, 6) is 0.443. The van der Waals surface area contributed by atoms with Crippen LogP contribution in [0.1, 0.15) is 15.9 Å². The lowest BCUT2D eigenvalue weighted by Crippen LogP contribution is -2.19. The third-order valence-corrected chi connectivity index (χ3v) is 6.59. The molecule has 0 spiro atoms. The van der Waals surface area contributed by atoms with Crippen molar-refractivity contribution in [3.05, 3.63) is 71.8 Å². The van der Waals surface area contributed by atoms with E-state index in [4.69, 9.17) is 9.47 Å². The van der Waals surface area contributed by atoms with E-state index in [-0.39, 0.29) is 28.5 Å². The number of amides is 2. The molecule has 3 N–H and O–H groups in total. The summed E-state index contributed by atoms with van der Waals surface area (Å²) in [6.45, 7) is 0.880. The van der Waals surface area contributed by atoms with Crippen LogP contribution in [0.15, 0.2) is 65.6 Å². The zero-order chi connectivity index (χ0) is 23.0. The van der Waals surface area contributed by atoms with Crippen LogP contribution in [-0.4, -0.2) is 33.4 Å². The number of para-hydroxylation sites is 1. The molecule has 0 atom stereocenters. The third-order valence-electron chi connectivity index (χ3n) is 5.23. The molecule has 0 bridgehead atoms. The number of fused-ring (bicyclic) bond motifs is 2. The zero-order valence-corrected chi connectivity index (χ0v) is 18.1. The van der Waals surface area contributed by atoms with Crippen molar-refractivity contribution >= 4 is 38.9 Å². The third kappa shape index (κ3) is 4.20. The standard InChI is InChI=1S/C23H19N3O6S/c27-22-12-14-11-16(6-7-18(14)25-22)33(29,30)26-19-4-2-1-3-17(19)23(28)24-15-5-8-20-21(13-15)32-10-9-31-20/h1-8,11,13,26H,9-10,12H2,(H,24,28)(H,25,27). The van der Waals surface area contributed by atoms with Gasteiger partial charge in [-0.25, -0.2) is 8.42 Å². The Balaban J connectivity index is 1.38. The number of sulfonamides is 1. The van der Waals surface area contributed by atoms with Gasteiger partial charge in [0, 0.05) is 17.4 Å². The first-order chi connectivity index (χ1) is 15.9. The van der Waals surface area contributed by atoms with Crippen LogP contribution >= 0.6 is 0 Å². The minimum Gasteiger partial charge on any atom is -0.486 e. The first kappa shape index (κ1) is 20.8. The van der Waals surface area contributed by atoms with Crippen LogP contribution in [0.5, 0.6) is 11.5 Å². The van der Waals surface area contributed by atoms with E-state index in [1.54, 1.807) is 36.4 Å². The lowest BCUT2D eigenvalue weighted by molar-refractivity contribution is -0.115. The second-order valence-electron chi connectivity index (χ2n) is 7.51. The van der Waals surface area contributed by atoms with E-state index in [1.165, 1.54) is 24.3 Å². The summed E-state index contributed by atoms with van der Waals surface area (Å²) in [5.41, 5.74) is 1.96. The van der Waals surface area contributed by atoms with Crippen molar-refractivity contribution < 1.29 is 27.5 Å². The maximum atomic E-state index is 13.0. The van der Waals surface area contributed by atoms with E-state index in [0.717, 1.165) is 0 Å². The normalized spacial score (nSPS) is 14.2. The molecule has 5 rings (SSSR count). The average Bonchev–Trinajstić information content (AvgIpc) is 3.18. The predicted octanol–water partition coefficient (Wildman–Crippen LogP) is 3.01. The molecule has 168 valence electrons. The second kappa shape index (κ2) is 8.14. The molecule has 10 heteroatoms. The number of hydrogen-bond donors (Lipinski definition) is 3. The number of rotatable bonds is 5. The van der Waals surface area contributed by atoms with Crippen molar-refractivity contribution in [2.45, 2.75) is 11.3 Å². The highest BCUT2D eigenvalue weighted by molar-refractivity contribution is 7.92. The molecule has 0 saturated carbocycles. The average molecular weight is 465 g/mol. The maximum Gasteiger partial charge on any atom is 0.261 e. The van der Waals surface area contributed by atoms with Gasteiger partial charge < -0.3 is 20.1 Å². The predicted molar refractivity (Wildman–Crippen MR) is 121 cm³/mol. The van der Waals surface area contributed by atoms with Gasteiger partial charge in [0.15, 0.2) is 11.5 Å². The molecular weight excluding hydrogens is 446 g/mol. The monoisotopic (exact) mass is 465 g/mol. The minimum absolute atomic E-state index is 0.000188. The van der Waals surface area contributed by atoms with E-state index < -0.39 is 15.9 Å². The number of ether oxygens (including phenoxy) is 2. The van der Waals surface area contributed by atoms with E-state index in [9.17, 15) is 18.0 Å². The van der Waals surface area contributed by atoms with E-state index in [2.05, 4.69) is 15.4 Å². The highest BCUT2D eigenvalue weighted by Crippen LogP contribution is 2.33. The SMILES string of the molecule is O=C1Cc2cc(S(=O)(=O)Nc3ccccc3C(=O)Nc3ccc4c(c3)OCCO4)ccc2N1. The summed E-state index contributed by atoms with van der Waals surface area (Å²) in [6.07, 6.45) is 0.118. The molecule has 0 aliphatic carbocycles. The Kier molecular flexibility index (Phi) is 5.14. The number of anilines is 3. The van der Waals surface area contributed by atoms with Crippen molar-refractivity contribution in [1.82, 2.24) is 0 Å². The molecule has 0 aromatic heterocycles. The maximum absolute atomic E-state index is 13.0. The number of hydrogen-bond acceptors (Lipinski definition) is 6. The van der Waals surface area contributed by atoms with Crippen molar-refractivity contribution in [3.63, 3.8) is 0 Å². The fourth-order valence-corrected chi connectivity index (χ4v) is 4.80. The Morgan fingerprint density at radius 1 is 0.939 bits per heavy atom. The quantitative estimate of drug-likeness (QED) is 0.532. The lowest BCUT2D eigenvalue weighted by atomic mass is 10.1. The second-order valence-corrected chi connectivity index (χ2v) is 9.19. The number of carbonyl (C=O) groups excluding carboxylic acids is 2. The minimum atomic E-state index is -4.00. The Morgan fingerprint density at radius 2 is 1.73 bits per heavy atom. The fourth-order valence-electron chi connectivity index (χ4n) is 3.67. The van der Waals surface area contributed by atoms with Gasteiger partial charge in [-0.3, -0.25) is 14.3 Å². The molecule has 0 fully saturated rings. The van der Waals surface area contributed by atoms with E-state index >= 15 is 0 Å². The highest BCUT2D eigenvalue weighted by atomic mass is 32.2. The molecule has 9 nitrogen and oxygen atoms in total. The Morgan fingerprint density at radius 3 is 2.58 bits per heavy atom. The van der Waals surface area contributed by atoms with Crippen molar-refractivity contribution in [2.24, 2.45) is 0 Å². The summed E-state index contributed by atoms with van der Waals surface area (Å²) in [4.78, 5) is 24.5. The van der Waals surface area contributed by atoms with Gasteiger partial charge >= 0.3 is 0 Å². The Labute approximate surface area is 189 Å². The lowest BCUT2D eigenvalue weighted by Gasteiger charge is -2.19. The summed E-state index contributed by atoms with van der Waals surface area (Å²) in [7, 11) is -4.00. The molecule has 0 unspecified atom stereocenters. The van der Waals surface area contributed by atoms with Crippen LogP contribution < -0.4 is 24.8 Å². The van der Waals surface area contributed by atoms with Crippen LogP contribution in [0, 0.1) is 0 Å². The van der Waals surface area contributed by atoms with Crippen LogP contribution in [0.4, 0.5) is 17.1 Å². The largest absolute Gasteiger partial charge is 0.486 e. The number of nitrogens with one attached hydrogen (secondary N) is 3. The fraction of sp³-hybridized carbons (Fsp3) is 0.130. The Hall–Kier alpha value is -4.05. The van der Waals surface area contributed by atoms with Gasteiger partial charge in [-0.15, -0.1) is 0 Å². The first-order valence-electron chi connectivity index (χ1n) is 10.1. The van der Waals surface area contributed by atoms with Crippen molar-refractivity contribution in [2.75, 3.05) is 28.6 Å². The summed E-state index contributed by atoms with van der Waals surface area (Å²) < 4.78 is 39.5. The van der Waals surface area contributed by atoms with Gasteiger partial charge in [0.2, 0.25) is 5.91 Å². The van der Waals surface area contributed by atoms with Gasteiger partial charge in [0.1, 0.15) is 13.2 Å². The highest BCUT2D eigenvalue weighted by Gasteiger charge is 2.23. The molecule has 0 saturated heterocycles. The number of carbonyl (C=O) groups is 2. The molecule has 0 radical (unpaired) electrons. The summed E-state index contributed by atoms with van der Waals surface area (Å²) in [6, 6.07) is 15.7. The van der Waals surface area contributed by atoms with Crippen LogP contribution in [-0.2, 0) is 21.2 Å². The molecule has 3 aromatic rings. The summed E-state index contributed by atoms with van der Waals surface area (Å²) >= 11 is 0. The molecule has 2 heterocycles. The van der Waals surface area contributed by atoms with Crippen LogP contribution in [0.25, 0.3) is 0 Å². The molecule has 3 aromatic carbocycles. The van der Waals surface area contributed by atoms with E-state index in [0.29, 0.717) is 41.7 Å². The zero-order valence-electron chi connectivity index (χ0n) is 17.3. The van der Waals surface area contributed by atoms with Crippen LogP contribution in [0.3, 0.4) is 0 Å². The molecular formula is C23H19N3O6S. The van der Waals surface area contributed by atoms with Gasteiger partial charge in [0.25, 0.3) is 15.9 Å². The molecule has 33 heavy (non-hydrogen) atoms. The Bertz CT molecular complexity index is 1390. The van der Waals surface area contributed by atoms with Crippen LogP contribution in [0.2, 0.25) is 0 Å². The molecule has 2 amide bonds. The van der Waals surface area contributed by atoms with Gasteiger partial charge in [-0.2, -0.15) is 0 Å². The topological polar surface area (TPSA) is 123 Å². The van der Waals surface area contributed by atoms with Gasteiger partial charge in [-0.1, -0.05) is 12.1 Å². The van der Waals surface area contributed by atoms with E-state index in [1.807, 2.05) is 0 Å². The van der Waals surface area contributed by atoms with Gasteiger partial charge in [-0.05, 0) is 48.0 Å². The molecule has 2 aliphatic heterocycles.